The minimum Gasteiger partial charge on any atom is -0.368 e. The quantitative estimate of drug-likeness (QED) is 0.776. The number of nitrogens with zero attached hydrogens (tertiary/aromatic N) is 2. The van der Waals surface area contributed by atoms with Crippen molar-refractivity contribution in [3.05, 3.63) is 30.1 Å². The van der Waals surface area contributed by atoms with Crippen LogP contribution in [0.3, 0.4) is 0 Å². The maximum atomic E-state index is 12.4. The largest absolute Gasteiger partial charge is 0.368 e. The summed E-state index contributed by atoms with van der Waals surface area (Å²) in [6.45, 7) is 1.76. The third-order valence-electron chi connectivity index (χ3n) is 3.77. The van der Waals surface area contributed by atoms with Crippen LogP contribution in [-0.2, 0) is 16.0 Å². The molecule has 3 N–H and O–H groups in total. The van der Waals surface area contributed by atoms with Gasteiger partial charge >= 0.3 is 0 Å². The van der Waals surface area contributed by atoms with E-state index < -0.39 is 5.91 Å². The van der Waals surface area contributed by atoms with Crippen molar-refractivity contribution in [2.24, 2.45) is 5.73 Å². The van der Waals surface area contributed by atoms with E-state index in [0.29, 0.717) is 12.8 Å². The van der Waals surface area contributed by atoms with Gasteiger partial charge in [-0.1, -0.05) is 0 Å². The van der Waals surface area contributed by atoms with Gasteiger partial charge in [-0.25, -0.2) is 0 Å². The first-order valence-corrected chi connectivity index (χ1v) is 7.34. The molecular weight excluding hydrogens is 268 g/mol. The van der Waals surface area contributed by atoms with Gasteiger partial charge in [0.25, 0.3) is 0 Å². The van der Waals surface area contributed by atoms with E-state index in [2.05, 4.69) is 10.3 Å². The Morgan fingerprint density at radius 2 is 1.95 bits per heavy atom. The highest BCUT2D eigenvalue weighted by molar-refractivity contribution is 5.84. The molecule has 2 heterocycles. The third kappa shape index (κ3) is 4.82. The van der Waals surface area contributed by atoms with Crippen LogP contribution < -0.4 is 11.1 Å². The Kier molecular flexibility index (Phi) is 5.68. The molecule has 0 spiro atoms. The number of nitrogens with two attached hydrogens (primary N) is 1. The van der Waals surface area contributed by atoms with Crippen LogP contribution in [-0.4, -0.2) is 47.4 Å². The molecule has 1 aliphatic rings. The number of hydrogen-bond acceptors (Lipinski definition) is 4. The lowest BCUT2D eigenvalue weighted by Gasteiger charge is -2.34. The Hall–Kier alpha value is -1.95. The second-order valence-corrected chi connectivity index (χ2v) is 5.32. The zero-order chi connectivity index (χ0) is 15.1. The predicted molar refractivity (Wildman–Crippen MR) is 79.4 cm³/mol. The second kappa shape index (κ2) is 7.73. The molecule has 1 fully saturated rings. The molecule has 0 radical (unpaired) electrons. The van der Waals surface area contributed by atoms with Crippen molar-refractivity contribution in [1.29, 1.82) is 0 Å². The smallest absolute Gasteiger partial charge is 0.237 e. The zero-order valence-electron chi connectivity index (χ0n) is 12.1. The van der Waals surface area contributed by atoms with Gasteiger partial charge in [-0.3, -0.25) is 14.6 Å². The summed E-state index contributed by atoms with van der Waals surface area (Å²) in [6.07, 6.45) is 6.22. The monoisotopic (exact) mass is 290 g/mol. The van der Waals surface area contributed by atoms with Crippen molar-refractivity contribution in [3.63, 3.8) is 0 Å². The maximum Gasteiger partial charge on any atom is 0.237 e. The van der Waals surface area contributed by atoms with E-state index in [-0.39, 0.29) is 18.5 Å². The number of hydrogen-bond donors (Lipinski definition) is 2. The van der Waals surface area contributed by atoms with Crippen LogP contribution in [0.2, 0.25) is 0 Å². The summed E-state index contributed by atoms with van der Waals surface area (Å²) < 4.78 is 0. The average Bonchev–Trinajstić information content (AvgIpc) is 2.52. The molecule has 1 aliphatic heterocycles. The van der Waals surface area contributed by atoms with Crippen LogP contribution in [0.25, 0.3) is 0 Å². The highest BCUT2D eigenvalue weighted by Crippen LogP contribution is 2.14. The van der Waals surface area contributed by atoms with Gasteiger partial charge in [-0.2, -0.15) is 0 Å². The van der Waals surface area contributed by atoms with Crippen LogP contribution in [0.1, 0.15) is 24.8 Å². The summed E-state index contributed by atoms with van der Waals surface area (Å²) in [5.74, 6) is -0.455. The molecule has 2 amide bonds. The minimum absolute atomic E-state index is 0.00230. The Morgan fingerprint density at radius 3 is 2.57 bits per heavy atom. The normalized spacial score (nSPS) is 15.6. The van der Waals surface area contributed by atoms with E-state index in [1.807, 2.05) is 12.1 Å². The van der Waals surface area contributed by atoms with E-state index in [4.69, 9.17) is 5.73 Å². The van der Waals surface area contributed by atoms with E-state index in [1.54, 1.807) is 17.3 Å². The van der Waals surface area contributed by atoms with Gasteiger partial charge in [0.2, 0.25) is 11.8 Å². The summed E-state index contributed by atoms with van der Waals surface area (Å²) in [5.41, 5.74) is 6.36. The van der Waals surface area contributed by atoms with E-state index >= 15 is 0 Å². The van der Waals surface area contributed by atoms with Crippen LogP contribution in [0.4, 0.5) is 0 Å². The van der Waals surface area contributed by atoms with Crippen molar-refractivity contribution < 1.29 is 9.59 Å². The van der Waals surface area contributed by atoms with Gasteiger partial charge in [-0.15, -0.1) is 0 Å². The number of pyridine rings is 1. The number of aromatic nitrogens is 1. The number of nitrogens with one attached hydrogen (secondary N) is 1. The van der Waals surface area contributed by atoms with Gasteiger partial charge in [0, 0.05) is 24.9 Å². The summed E-state index contributed by atoms with van der Waals surface area (Å²) in [5, 5.41) is 3.26. The third-order valence-corrected chi connectivity index (χ3v) is 3.77. The molecule has 0 unspecified atom stereocenters. The molecule has 1 aromatic heterocycles. The molecule has 1 aromatic rings. The Morgan fingerprint density at radius 1 is 1.29 bits per heavy atom. The van der Waals surface area contributed by atoms with Gasteiger partial charge in [0.1, 0.15) is 0 Å². The number of rotatable bonds is 6. The Labute approximate surface area is 124 Å². The van der Waals surface area contributed by atoms with E-state index in [0.717, 1.165) is 31.5 Å². The molecule has 21 heavy (non-hydrogen) atoms. The summed E-state index contributed by atoms with van der Waals surface area (Å²) in [6, 6.07) is 3.91. The number of aryl methyl sites for hydroxylation is 1. The fraction of sp³-hybridized carbons (Fsp3) is 0.533. The molecule has 0 aliphatic carbocycles. The zero-order valence-corrected chi connectivity index (χ0v) is 12.1. The van der Waals surface area contributed by atoms with Crippen LogP contribution in [0.15, 0.2) is 24.5 Å². The number of piperidine rings is 1. The van der Waals surface area contributed by atoms with E-state index in [9.17, 15) is 9.59 Å². The maximum absolute atomic E-state index is 12.4. The number of carbonyl (C=O) groups is 2. The Balaban J connectivity index is 1.94. The molecule has 6 nitrogen and oxygen atoms in total. The molecule has 6 heteroatoms. The summed E-state index contributed by atoms with van der Waals surface area (Å²) in [7, 11) is 0. The van der Waals surface area contributed by atoms with Gasteiger partial charge in [-0.05, 0) is 50.0 Å². The van der Waals surface area contributed by atoms with Crippen molar-refractivity contribution in [1.82, 2.24) is 15.2 Å². The lowest BCUT2D eigenvalue weighted by atomic mass is 10.0. The van der Waals surface area contributed by atoms with Crippen LogP contribution >= 0.6 is 0 Å². The highest BCUT2D eigenvalue weighted by atomic mass is 16.2. The number of carbonyl (C=O) groups excluding carboxylic acids is 2. The first-order valence-electron chi connectivity index (χ1n) is 7.34. The van der Waals surface area contributed by atoms with Crippen LogP contribution in [0, 0.1) is 0 Å². The summed E-state index contributed by atoms with van der Waals surface area (Å²) >= 11 is 0. The summed E-state index contributed by atoms with van der Waals surface area (Å²) in [4.78, 5) is 29.3. The molecule has 0 atom stereocenters. The van der Waals surface area contributed by atoms with Crippen molar-refractivity contribution in [2.75, 3.05) is 19.6 Å². The fourth-order valence-electron chi connectivity index (χ4n) is 2.65. The van der Waals surface area contributed by atoms with Crippen molar-refractivity contribution >= 4 is 11.8 Å². The molecule has 1 saturated heterocycles. The number of amides is 2. The second-order valence-electron chi connectivity index (χ2n) is 5.32. The SMILES string of the molecule is NC(=O)CN(C(=O)CCc1ccncc1)C1CCNCC1. The standard InChI is InChI=1S/C15H22N4O2/c16-14(20)11-19(13-5-9-18-10-6-13)15(21)2-1-12-3-7-17-8-4-12/h3-4,7-8,13,18H,1-2,5-6,9-11H2,(H2,16,20). The first-order chi connectivity index (χ1) is 10.2. The first kappa shape index (κ1) is 15.4. The van der Waals surface area contributed by atoms with Gasteiger partial charge in [0.05, 0.1) is 6.54 Å². The predicted octanol–water partition coefficient (Wildman–Crippen LogP) is 0.0801. The Bertz CT molecular complexity index is 472. The van der Waals surface area contributed by atoms with Gasteiger partial charge in [0.15, 0.2) is 0 Å². The highest BCUT2D eigenvalue weighted by Gasteiger charge is 2.26. The minimum atomic E-state index is -0.453. The molecular formula is C15H22N4O2. The lowest BCUT2D eigenvalue weighted by molar-refractivity contribution is -0.138. The lowest BCUT2D eigenvalue weighted by Crippen LogP contribution is -2.49. The van der Waals surface area contributed by atoms with Crippen LogP contribution in [0.5, 0.6) is 0 Å². The fourth-order valence-corrected chi connectivity index (χ4v) is 2.65. The van der Waals surface area contributed by atoms with Crippen molar-refractivity contribution in [3.8, 4) is 0 Å². The van der Waals surface area contributed by atoms with Crippen molar-refractivity contribution in [2.45, 2.75) is 31.7 Å². The van der Waals surface area contributed by atoms with Gasteiger partial charge < -0.3 is 16.0 Å². The molecule has 0 aromatic carbocycles. The van der Waals surface area contributed by atoms with E-state index in [1.165, 1.54) is 0 Å². The molecule has 2 rings (SSSR count). The number of primary amides is 1. The molecule has 114 valence electrons. The average molecular weight is 290 g/mol. The molecule has 0 saturated carbocycles. The topological polar surface area (TPSA) is 88.3 Å². The molecule has 0 bridgehead atoms.